The molecule has 0 spiro atoms. The van der Waals surface area contributed by atoms with Crippen molar-refractivity contribution in [2.75, 3.05) is 0 Å². The fourth-order valence-electron chi connectivity index (χ4n) is 2.12. The monoisotopic (exact) mass is 196 g/mol. The smallest absolute Gasteiger partial charge is 0.222 e. The lowest BCUT2D eigenvalue weighted by Gasteiger charge is -2.05. The standard InChI is InChI=1S/C13H8O2/c14-11-6-9-3-1-2-8-4-5-10(13(8)9)7-12(11)15/h1-5,7H,6H2. The van der Waals surface area contributed by atoms with E-state index in [0.29, 0.717) is 0 Å². The van der Waals surface area contributed by atoms with Gasteiger partial charge in [-0.1, -0.05) is 30.4 Å². The number of Topliss-reactive ketones (excluding diaryl/α,β-unsaturated/α-hetero) is 1. The van der Waals surface area contributed by atoms with Crippen molar-refractivity contribution in [3.63, 3.8) is 0 Å². The summed E-state index contributed by atoms with van der Waals surface area (Å²) in [6.07, 6.45) is 5.54. The van der Waals surface area contributed by atoms with Crippen molar-refractivity contribution in [1.29, 1.82) is 0 Å². The van der Waals surface area contributed by atoms with E-state index in [0.717, 1.165) is 22.3 Å². The first-order valence-electron chi connectivity index (χ1n) is 4.85. The van der Waals surface area contributed by atoms with E-state index in [1.165, 1.54) is 6.08 Å². The van der Waals surface area contributed by atoms with Gasteiger partial charge in [-0.25, -0.2) is 0 Å². The molecule has 0 aromatic heterocycles. The van der Waals surface area contributed by atoms with Crippen molar-refractivity contribution >= 4 is 23.2 Å². The number of ketones is 2. The minimum absolute atomic E-state index is 0.226. The Balaban J connectivity index is 2.33. The van der Waals surface area contributed by atoms with E-state index in [-0.39, 0.29) is 12.2 Å². The van der Waals surface area contributed by atoms with Gasteiger partial charge in [0.1, 0.15) is 0 Å². The SMILES string of the molecule is O=C1C=C2C=Cc3cccc(c32)CC1=O. The number of carbonyl (C=O) groups is 2. The third-order valence-electron chi connectivity index (χ3n) is 2.83. The molecule has 0 saturated carbocycles. The lowest BCUT2D eigenvalue weighted by molar-refractivity contribution is -0.133. The van der Waals surface area contributed by atoms with E-state index in [1.807, 2.05) is 30.4 Å². The van der Waals surface area contributed by atoms with Crippen LogP contribution in [0.4, 0.5) is 0 Å². The predicted octanol–water partition coefficient (Wildman–Crippen LogP) is 1.79. The zero-order chi connectivity index (χ0) is 10.4. The molecule has 3 rings (SSSR count). The number of allylic oxidation sites excluding steroid dienone is 3. The van der Waals surface area contributed by atoms with Gasteiger partial charge in [0.2, 0.25) is 11.6 Å². The van der Waals surface area contributed by atoms with Crippen molar-refractivity contribution in [3.8, 4) is 0 Å². The first-order chi connectivity index (χ1) is 7.25. The summed E-state index contributed by atoms with van der Waals surface area (Å²) in [5, 5.41) is 0. The molecule has 0 radical (unpaired) electrons. The fraction of sp³-hybridized carbons (Fsp3) is 0.0769. The highest BCUT2D eigenvalue weighted by molar-refractivity contribution is 6.44. The predicted molar refractivity (Wildman–Crippen MR) is 57.2 cm³/mol. The van der Waals surface area contributed by atoms with Gasteiger partial charge in [-0.2, -0.15) is 0 Å². The summed E-state index contributed by atoms with van der Waals surface area (Å²) in [6.45, 7) is 0. The molecule has 0 amide bonds. The van der Waals surface area contributed by atoms with E-state index >= 15 is 0 Å². The summed E-state index contributed by atoms with van der Waals surface area (Å²) in [5.74, 6) is -0.711. The second kappa shape index (κ2) is 2.76. The topological polar surface area (TPSA) is 34.1 Å². The molecule has 0 aliphatic heterocycles. The average Bonchev–Trinajstić information content (AvgIpc) is 2.57. The van der Waals surface area contributed by atoms with E-state index in [4.69, 9.17) is 0 Å². The molecule has 0 bridgehead atoms. The molecule has 2 nitrogen and oxygen atoms in total. The third-order valence-corrected chi connectivity index (χ3v) is 2.83. The lowest BCUT2D eigenvalue weighted by Crippen LogP contribution is -2.12. The molecule has 1 aromatic rings. The minimum Gasteiger partial charge on any atom is -0.290 e. The van der Waals surface area contributed by atoms with Crippen LogP contribution in [0.15, 0.2) is 30.4 Å². The Kier molecular flexibility index (Phi) is 1.54. The molecule has 72 valence electrons. The van der Waals surface area contributed by atoms with E-state index in [2.05, 4.69) is 0 Å². The highest BCUT2D eigenvalue weighted by Crippen LogP contribution is 2.33. The number of hydrogen-bond donors (Lipinski definition) is 0. The van der Waals surface area contributed by atoms with Crippen LogP contribution in [0.5, 0.6) is 0 Å². The summed E-state index contributed by atoms with van der Waals surface area (Å²) >= 11 is 0. The van der Waals surface area contributed by atoms with Crippen LogP contribution < -0.4 is 0 Å². The maximum Gasteiger partial charge on any atom is 0.222 e. The molecule has 15 heavy (non-hydrogen) atoms. The second-order valence-electron chi connectivity index (χ2n) is 3.78. The first kappa shape index (κ1) is 8.36. The second-order valence-corrected chi connectivity index (χ2v) is 3.78. The Labute approximate surface area is 86.9 Å². The number of benzene rings is 1. The first-order valence-corrected chi connectivity index (χ1v) is 4.85. The van der Waals surface area contributed by atoms with E-state index in [1.54, 1.807) is 0 Å². The Hall–Kier alpha value is -1.96. The van der Waals surface area contributed by atoms with Crippen LogP contribution in [0.3, 0.4) is 0 Å². The molecule has 0 unspecified atom stereocenters. The molecule has 0 heterocycles. The van der Waals surface area contributed by atoms with Crippen LogP contribution in [0.2, 0.25) is 0 Å². The van der Waals surface area contributed by atoms with E-state index < -0.39 is 5.78 Å². The largest absolute Gasteiger partial charge is 0.290 e. The maximum absolute atomic E-state index is 11.4. The van der Waals surface area contributed by atoms with Crippen molar-refractivity contribution in [2.45, 2.75) is 6.42 Å². The Bertz CT molecular complexity index is 548. The molecule has 0 atom stereocenters. The summed E-state index contributed by atoms with van der Waals surface area (Å²) < 4.78 is 0. The summed E-state index contributed by atoms with van der Waals surface area (Å²) in [7, 11) is 0. The molecule has 0 fully saturated rings. The van der Waals surface area contributed by atoms with Gasteiger partial charge < -0.3 is 0 Å². The Morgan fingerprint density at radius 3 is 2.80 bits per heavy atom. The van der Waals surface area contributed by atoms with Gasteiger partial charge in [0, 0.05) is 6.42 Å². The maximum atomic E-state index is 11.4. The van der Waals surface area contributed by atoms with E-state index in [9.17, 15) is 9.59 Å². The van der Waals surface area contributed by atoms with Gasteiger partial charge in [0.15, 0.2) is 0 Å². The normalized spacial score (nSPS) is 17.5. The molecule has 2 heteroatoms. The molecule has 2 aliphatic rings. The van der Waals surface area contributed by atoms with Crippen LogP contribution in [0.25, 0.3) is 11.6 Å². The summed E-state index contributed by atoms with van der Waals surface area (Å²) in [4.78, 5) is 22.9. The zero-order valence-corrected chi connectivity index (χ0v) is 7.99. The number of carbonyl (C=O) groups excluding carboxylic acids is 2. The molecule has 0 saturated heterocycles. The van der Waals surface area contributed by atoms with Crippen molar-refractivity contribution in [3.05, 3.63) is 47.0 Å². The Morgan fingerprint density at radius 1 is 1.07 bits per heavy atom. The molecule has 1 aromatic carbocycles. The highest BCUT2D eigenvalue weighted by atomic mass is 16.2. The average molecular weight is 196 g/mol. The Morgan fingerprint density at radius 2 is 1.93 bits per heavy atom. The third kappa shape index (κ3) is 1.11. The van der Waals surface area contributed by atoms with Crippen LogP contribution >= 0.6 is 0 Å². The van der Waals surface area contributed by atoms with Gasteiger partial charge in [-0.05, 0) is 28.3 Å². The number of rotatable bonds is 0. The number of hydrogen-bond acceptors (Lipinski definition) is 2. The summed E-state index contributed by atoms with van der Waals surface area (Å²) in [6, 6.07) is 5.83. The molecular weight excluding hydrogens is 188 g/mol. The van der Waals surface area contributed by atoms with Gasteiger partial charge in [0.25, 0.3) is 0 Å². The molecule has 0 N–H and O–H groups in total. The van der Waals surface area contributed by atoms with Crippen LogP contribution in [0, 0.1) is 0 Å². The van der Waals surface area contributed by atoms with Gasteiger partial charge in [-0.3, -0.25) is 9.59 Å². The highest BCUT2D eigenvalue weighted by Gasteiger charge is 2.23. The van der Waals surface area contributed by atoms with Crippen molar-refractivity contribution in [2.24, 2.45) is 0 Å². The molecular formula is C13H8O2. The summed E-state index contributed by atoms with van der Waals surface area (Å²) in [5.41, 5.74) is 3.98. The van der Waals surface area contributed by atoms with Crippen LogP contribution in [0.1, 0.15) is 16.7 Å². The quantitative estimate of drug-likeness (QED) is 0.593. The molecule has 2 aliphatic carbocycles. The van der Waals surface area contributed by atoms with Crippen molar-refractivity contribution < 1.29 is 9.59 Å². The minimum atomic E-state index is -0.390. The van der Waals surface area contributed by atoms with Crippen LogP contribution in [-0.2, 0) is 16.0 Å². The fourth-order valence-corrected chi connectivity index (χ4v) is 2.12. The van der Waals surface area contributed by atoms with Gasteiger partial charge in [-0.15, -0.1) is 0 Å². The lowest BCUT2D eigenvalue weighted by atomic mass is 9.98. The van der Waals surface area contributed by atoms with Crippen molar-refractivity contribution in [1.82, 2.24) is 0 Å². The van der Waals surface area contributed by atoms with Crippen LogP contribution in [-0.4, -0.2) is 11.6 Å². The zero-order valence-electron chi connectivity index (χ0n) is 7.99. The van der Waals surface area contributed by atoms with Gasteiger partial charge >= 0.3 is 0 Å². The van der Waals surface area contributed by atoms with Gasteiger partial charge in [0.05, 0.1) is 0 Å².